The number of benzene rings is 2. The number of sulfonamides is 1. The van der Waals surface area contributed by atoms with Crippen LogP contribution in [0.4, 0.5) is 0 Å². The van der Waals surface area contributed by atoms with Crippen molar-refractivity contribution < 1.29 is 17.9 Å². The van der Waals surface area contributed by atoms with Crippen LogP contribution in [-0.2, 0) is 16.6 Å². The minimum Gasteiger partial charge on any atom is -0.445 e. The van der Waals surface area contributed by atoms with Crippen LogP contribution in [-0.4, -0.2) is 35.5 Å². The molecule has 1 aliphatic carbocycles. The zero-order valence-electron chi connectivity index (χ0n) is 16.3. The van der Waals surface area contributed by atoms with Gasteiger partial charge in [-0.1, -0.05) is 30.2 Å². The minimum absolute atomic E-state index is 0.0274. The molecule has 1 saturated carbocycles. The van der Waals surface area contributed by atoms with Gasteiger partial charge in [0.05, 0.1) is 11.1 Å². The second-order valence-electron chi connectivity index (χ2n) is 7.48. The number of aliphatic hydroxyl groups excluding tert-OH is 1. The molecule has 30 heavy (non-hydrogen) atoms. The Hall–Kier alpha value is -2.19. The second kappa shape index (κ2) is 8.89. The maximum Gasteiger partial charge on any atom is 0.243 e. The van der Waals surface area contributed by atoms with E-state index in [1.54, 1.807) is 18.3 Å². The molecule has 158 valence electrons. The van der Waals surface area contributed by atoms with Gasteiger partial charge in [-0.05, 0) is 60.7 Å². The van der Waals surface area contributed by atoms with Crippen molar-refractivity contribution in [3.8, 4) is 11.5 Å². The molecule has 0 saturated heterocycles. The van der Waals surface area contributed by atoms with Gasteiger partial charge in [-0.3, -0.25) is 0 Å². The van der Waals surface area contributed by atoms with Crippen molar-refractivity contribution in [2.24, 2.45) is 5.92 Å². The summed E-state index contributed by atoms with van der Waals surface area (Å²) in [5.74, 6) is 0.446. The van der Waals surface area contributed by atoms with Crippen LogP contribution in [0.25, 0.3) is 11.5 Å². The van der Waals surface area contributed by atoms with E-state index in [0.717, 1.165) is 30.4 Å². The van der Waals surface area contributed by atoms with E-state index in [2.05, 4.69) is 4.98 Å². The summed E-state index contributed by atoms with van der Waals surface area (Å²) in [6, 6.07) is 13.5. The van der Waals surface area contributed by atoms with E-state index in [4.69, 9.17) is 16.0 Å². The lowest BCUT2D eigenvalue weighted by Gasteiger charge is -2.32. The van der Waals surface area contributed by atoms with Crippen LogP contribution >= 0.6 is 11.6 Å². The SMILES string of the molecule is O=S(=O)(c1ccc(Cl)cc1)N(Cc1ccc(-c2ncco2)cc1)[C@H]1CCC[C@@H]1CO. The van der Waals surface area contributed by atoms with Gasteiger partial charge in [0.2, 0.25) is 15.9 Å². The van der Waals surface area contributed by atoms with Crippen molar-refractivity contribution in [2.45, 2.75) is 36.7 Å². The van der Waals surface area contributed by atoms with Crippen molar-refractivity contribution in [3.63, 3.8) is 0 Å². The third kappa shape index (κ3) is 4.30. The number of aromatic nitrogens is 1. The fourth-order valence-corrected chi connectivity index (χ4v) is 5.86. The summed E-state index contributed by atoms with van der Waals surface area (Å²) >= 11 is 5.95. The highest BCUT2D eigenvalue weighted by molar-refractivity contribution is 7.89. The standard InChI is InChI=1S/C22H23ClN2O4S/c23-19-8-10-20(11-9-19)30(27,28)25(21-3-1-2-18(21)15-26)14-16-4-6-17(7-5-16)22-24-12-13-29-22/h4-13,18,21,26H,1-3,14-15H2/t18-,21+/m1/s1. The molecule has 1 aliphatic rings. The van der Waals surface area contributed by atoms with Crippen LogP contribution in [0, 0.1) is 5.92 Å². The highest BCUT2D eigenvalue weighted by Crippen LogP contribution is 2.35. The molecule has 0 spiro atoms. The van der Waals surface area contributed by atoms with E-state index in [-0.39, 0.29) is 30.0 Å². The first-order valence-corrected chi connectivity index (χ1v) is 11.7. The Kier molecular flexibility index (Phi) is 6.24. The molecule has 3 aromatic rings. The van der Waals surface area contributed by atoms with Gasteiger partial charge in [-0.25, -0.2) is 13.4 Å². The molecular weight excluding hydrogens is 424 g/mol. The summed E-state index contributed by atoms with van der Waals surface area (Å²) in [4.78, 5) is 4.34. The molecule has 0 aliphatic heterocycles. The molecule has 1 fully saturated rings. The van der Waals surface area contributed by atoms with Crippen molar-refractivity contribution in [1.82, 2.24) is 9.29 Å². The largest absolute Gasteiger partial charge is 0.445 e. The third-order valence-corrected chi connectivity index (χ3v) is 7.75. The molecule has 0 bridgehead atoms. The predicted molar refractivity (Wildman–Crippen MR) is 114 cm³/mol. The Bertz CT molecular complexity index is 1070. The summed E-state index contributed by atoms with van der Waals surface area (Å²) in [5, 5.41) is 10.3. The van der Waals surface area contributed by atoms with E-state index in [9.17, 15) is 13.5 Å². The van der Waals surface area contributed by atoms with Gasteiger partial charge in [-0.2, -0.15) is 4.31 Å². The molecule has 4 rings (SSSR count). The zero-order chi connectivity index (χ0) is 21.1. The number of oxazole rings is 1. The van der Waals surface area contributed by atoms with Crippen molar-refractivity contribution in [2.75, 3.05) is 6.61 Å². The number of hydrogen-bond acceptors (Lipinski definition) is 5. The Morgan fingerprint density at radius 1 is 1.10 bits per heavy atom. The minimum atomic E-state index is -3.76. The van der Waals surface area contributed by atoms with Crippen LogP contribution in [0.15, 0.2) is 70.3 Å². The number of aliphatic hydroxyl groups is 1. The van der Waals surface area contributed by atoms with Crippen molar-refractivity contribution >= 4 is 21.6 Å². The van der Waals surface area contributed by atoms with Gasteiger partial charge in [0, 0.05) is 29.8 Å². The predicted octanol–water partition coefficient (Wildman–Crippen LogP) is 4.35. The number of hydrogen-bond donors (Lipinski definition) is 1. The number of nitrogens with zero attached hydrogens (tertiary/aromatic N) is 2. The Morgan fingerprint density at radius 2 is 1.83 bits per heavy atom. The lowest BCUT2D eigenvalue weighted by Crippen LogP contribution is -2.42. The topological polar surface area (TPSA) is 83.6 Å². The van der Waals surface area contributed by atoms with Crippen LogP contribution in [0.2, 0.25) is 5.02 Å². The number of halogens is 1. The average molecular weight is 447 g/mol. The van der Waals surface area contributed by atoms with Crippen LogP contribution in [0.5, 0.6) is 0 Å². The summed E-state index contributed by atoms with van der Waals surface area (Å²) in [5.41, 5.74) is 1.68. The molecule has 6 nitrogen and oxygen atoms in total. The quantitative estimate of drug-likeness (QED) is 0.583. The highest BCUT2D eigenvalue weighted by Gasteiger charge is 2.38. The second-order valence-corrected chi connectivity index (χ2v) is 9.81. The van der Waals surface area contributed by atoms with Crippen LogP contribution < -0.4 is 0 Å². The first-order valence-electron chi connectivity index (χ1n) is 9.86. The summed E-state index contributed by atoms with van der Waals surface area (Å²) in [7, 11) is -3.76. The van der Waals surface area contributed by atoms with E-state index in [0.29, 0.717) is 10.9 Å². The molecular formula is C22H23ClN2O4S. The molecule has 0 radical (unpaired) electrons. The smallest absolute Gasteiger partial charge is 0.243 e. The Labute approximate surface area is 181 Å². The lowest BCUT2D eigenvalue weighted by molar-refractivity contribution is 0.166. The van der Waals surface area contributed by atoms with Gasteiger partial charge in [0.15, 0.2) is 0 Å². The van der Waals surface area contributed by atoms with Crippen molar-refractivity contribution in [3.05, 3.63) is 71.6 Å². The van der Waals surface area contributed by atoms with E-state index in [1.807, 2.05) is 24.3 Å². The molecule has 2 atom stereocenters. The maximum absolute atomic E-state index is 13.5. The lowest BCUT2D eigenvalue weighted by atomic mass is 10.0. The fraction of sp³-hybridized carbons (Fsp3) is 0.318. The first kappa shape index (κ1) is 21.1. The summed E-state index contributed by atoms with van der Waals surface area (Å²) in [6.45, 7) is 0.193. The summed E-state index contributed by atoms with van der Waals surface area (Å²) in [6.07, 6.45) is 5.53. The summed E-state index contributed by atoms with van der Waals surface area (Å²) < 4.78 is 33.9. The van der Waals surface area contributed by atoms with Crippen molar-refractivity contribution in [1.29, 1.82) is 0 Å². The van der Waals surface area contributed by atoms with Gasteiger partial charge in [0.25, 0.3) is 0 Å². The Balaban J connectivity index is 1.66. The molecule has 2 aromatic carbocycles. The molecule has 1 aromatic heterocycles. The van der Waals surface area contributed by atoms with Gasteiger partial charge < -0.3 is 9.52 Å². The highest BCUT2D eigenvalue weighted by atomic mass is 35.5. The van der Waals surface area contributed by atoms with Crippen LogP contribution in [0.1, 0.15) is 24.8 Å². The maximum atomic E-state index is 13.5. The molecule has 0 unspecified atom stereocenters. The monoisotopic (exact) mass is 446 g/mol. The molecule has 0 amide bonds. The number of rotatable bonds is 7. The van der Waals surface area contributed by atoms with E-state index in [1.165, 1.54) is 22.7 Å². The fourth-order valence-electron chi connectivity index (χ4n) is 4.03. The molecule has 1 N–H and O–H groups in total. The first-order chi connectivity index (χ1) is 14.5. The van der Waals surface area contributed by atoms with E-state index < -0.39 is 10.0 Å². The van der Waals surface area contributed by atoms with Crippen LogP contribution in [0.3, 0.4) is 0 Å². The normalized spacial score (nSPS) is 19.4. The van der Waals surface area contributed by atoms with Gasteiger partial charge in [-0.15, -0.1) is 0 Å². The van der Waals surface area contributed by atoms with E-state index >= 15 is 0 Å². The average Bonchev–Trinajstić information content (AvgIpc) is 3.44. The molecule has 1 heterocycles. The van der Waals surface area contributed by atoms with Gasteiger partial charge in [0.1, 0.15) is 6.26 Å². The zero-order valence-corrected chi connectivity index (χ0v) is 17.9. The molecule has 8 heteroatoms. The Morgan fingerprint density at radius 3 is 2.47 bits per heavy atom. The third-order valence-electron chi connectivity index (χ3n) is 5.62. The van der Waals surface area contributed by atoms with Gasteiger partial charge >= 0.3 is 0 Å².